The largest absolute Gasteiger partial charge is 0.444 e. The molecule has 2 aliphatic rings. The van der Waals surface area contributed by atoms with Gasteiger partial charge >= 0.3 is 6.09 Å². The van der Waals surface area contributed by atoms with Gasteiger partial charge in [0.2, 0.25) is 0 Å². The second kappa shape index (κ2) is 5.67. The third-order valence-corrected chi connectivity index (χ3v) is 5.98. The Labute approximate surface area is 153 Å². The second-order valence-corrected chi connectivity index (χ2v) is 8.71. The van der Waals surface area contributed by atoms with Crippen molar-refractivity contribution < 1.29 is 9.53 Å². The zero-order valence-corrected chi connectivity index (χ0v) is 15.9. The molecule has 1 saturated carbocycles. The molecule has 0 spiro atoms. The zero-order chi connectivity index (χ0) is 17.8. The molecule has 1 saturated heterocycles. The van der Waals surface area contributed by atoms with E-state index in [1.165, 1.54) is 5.56 Å². The number of benzene rings is 1. The smallest absolute Gasteiger partial charge is 0.410 e. The van der Waals surface area contributed by atoms with Crippen LogP contribution >= 0.6 is 23.2 Å². The molecule has 0 bridgehead atoms. The predicted molar refractivity (Wildman–Crippen MR) is 97.8 cm³/mol. The zero-order valence-electron chi connectivity index (χ0n) is 14.4. The van der Waals surface area contributed by atoms with E-state index in [4.69, 9.17) is 27.9 Å². The molecule has 0 radical (unpaired) electrons. The van der Waals surface area contributed by atoms with Crippen LogP contribution in [0, 0.1) is 5.41 Å². The van der Waals surface area contributed by atoms with Crippen molar-refractivity contribution in [3.8, 4) is 0 Å². The predicted octanol–water partition coefficient (Wildman–Crippen LogP) is 5.45. The van der Waals surface area contributed by atoms with Crippen molar-refractivity contribution in [1.29, 1.82) is 0 Å². The first kappa shape index (κ1) is 17.6. The summed E-state index contributed by atoms with van der Waals surface area (Å²) in [5.41, 5.74) is 0.585. The summed E-state index contributed by atoms with van der Waals surface area (Å²) in [6.07, 6.45) is 3.58. The molecule has 1 aliphatic heterocycles. The van der Waals surface area contributed by atoms with Crippen molar-refractivity contribution in [2.45, 2.75) is 44.6 Å². The van der Waals surface area contributed by atoms with Gasteiger partial charge in [-0.25, -0.2) is 4.79 Å². The number of ether oxygens (including phenoxy) is 1. The van der Waals surface area contributed by atoms with Crippen molar-refractivity contribution in [3.05, 3.63) is 46.5 Å². The average Bonchev–Trinajstić information content (AvgIpc) is 3.18. The van der Waals surface area contributed by atoms with Crippen LogP contribution in [0.4, 0.5) is 4.79 Å². The number of hydrogen-bond donors (Lipinski definition) is 0. The lowest BCUT2D eigenvalue weighted by Crippen LogP contribution is -2.46. The first-order chi connectivity index (χ1) is 11.1. The summed E-state index contributed by atoms with van der Waals surface area (Å²) >= 11 is 12.3. The van der Waals surface area contributed by atoms with Gasteiger partial charge in [-0.15, -0.1) is 6.58 Å². The number of fused-ring (bicyclic) bond motifs is 1. The standard InChI is InChI=1S/C19H23Cl2NO2/c1-5-18-11-19(18,13-6-7-14(20)15(21)10-13)8-9-22(12-18)16(23)24-17(2,3)4/h5-7,10H,1,8-9,11-12H2,2-4H3. The minimum Gasteiger partial charge on any atom is -0.444 e. The van der Waals surface area contributed by atoms with Gasteiger partial charge in [0.1, 0.15) is 5.60 Å². The average molecular weight is 368 g/mol. The van der Waals surface area contributed by atoms with Crippen molar-refractivity contribution in [2.75, 3.05) is 13.1 Å². The fraction of sp³-hybridized carbons (Fsp3) is 0.526. The van der Waals surface area contributed by atoms with E-state index in [9.17, 15) is 4.79 Å². The monoisotopic (exact) mass is 367 g/mol. The van der Waals surface area contributed by atoms with Crippen LogP contribution in [0.3, 0.4) is 0 Å². The number of carbonyl (C=O) groups is 1. The molecule has 2 atom stereocenters. The van der Waals surface area contributed by atoms with Gasteiger partial charge < -0.3 is 9.64 Å². The first-order valence-electron chi connectivity index (χ1n) is 8.20. The van der Waals surface area contributed by atoms with Gasteiger partial charge in [-0.05, 0) is 51.3 Å². The van der Waals surface area contributed by atoms with Crippen LogP contribution in [0.15, 0.2) is 30.9 Å². The first-order valence-corrected chi connectivity index (χ1v) is 8.95. The maximum atomic E-state index is 12.4. The number of nitrogens with zero attached hydrogens (tertiary/aromatic N) is 1. The lowest BCUT2D eigenvalue weighted by molar-refractivity contribution is 0.0167. The maximum Gasteiger partial charge on any atom is 0.410 e. The van der Waals surface area contributed by atoms with Gasteiger partial charge in [0.05, 0.1) is 10.0 Å². The number of amides is 1. The van der Waals surface area contributed by atoms with Crippen molar-refractivity contribution in [3.63, 3.8) is 0 Å². The highest BCUT2D eigenvalue weighted by molar-refractivity contribution is 6.42. The van der Waals surface area contributed by atoms with Crippen LogP contribution < -0.4 is 0 Å². The number of rotatable bonds is 2. The lowest BCUT2D eigenvalue weighted by atomic mass is 9.80. The van der Waals surface area contributed by atoms with Crippen LogP contribution in [0.5, 0.6) is 0 Å². The Morgan fingerprint density at radius 2 is 2.04 bits per heavy atom. The molecule has 1 aromatic rings. The molecule has 1 amide bonds. The number of halogens is 2. The fourth-order valence-corrected chi connectivity index (χ4v) is 4.22. The normalized spacial score (nSPS) is 29.0. The molecule has 1 aromatic carbocycles. The van der Waals surface area contributed by atoms with Crippen LogP contribution in [0.1, 0.15) is 39.2 Å². The molecule has 24 heavy (non-hydrogen) atoms. The highest BCUT2D eigenvalue weighted by Crippen LogP contribution is 2.69. The van der Waals surface area contributed by atoms with Crippen LogP contribution in [-0.2, 0) is 10.2 Å². The van der Waals surface area contributed by atoms with Gasteiger partial charge in [-0.1, -0.05) is 35.3 Å². The van der Waals surface area contributed by atoms with Gasteiger partial charge in [0.15, 0.2) is 0 Å². The summed E-state index contributed by atoms with van der Waals surface area (Å²) in [5.74, 6) is 0. The van der Waals surface area contributed by atoms with E-state index in [1.54, 1.807) is 4.90 Å². The molecule has 0 N–H and O–H groups in total. The van der Waals surface area contributed by atoms with E-state index in [0.29, 0.717) is 23.1 Å². The molecule has 0 aromatic heterocycles. The quantitative estimate of drug-likeness (QED) is 0.650. The van der Waals surface area contributed by atoms with E-state index in [2.05, 4.69) is 6.58 Å². The van der Waals surface area contributed by atoms with Gasteiger partial charge in [-0.3, -0.25) is 0 Å². The highest BCUT2D eigenvalue weighted by atomic mass is 35.5. The van der Waals surface area contributed by atoms with Gasteiger partial charge in [0, 0.05) is 23.9 Å². The Bertz CT molecular complexity index is 697. The Morgan fingerprint density at radius 1 is 1.33 bits per heavy atom. The van der Waals surface area contributed by atoms with E-state index in [1.807, 2.05) is 45.0 Å². The van der Waals surface area contributed by atoms with Gasteiger partial charge in [0.25, 0.3) is 0 Å². The van der Waals surface area contributed by atoms with E-state index >= 15 is 0 Å². The Balaban J connectivity index is 1.83. The van der Waals surface area contributed by atoms with E-state index in [-0.39, 0.29) is 16.9 Å². The summed E-state index contributed by atoms with van der Waals surface area (Å²) in [4.78, 5) is 14.2. The SMILES string of the molecule is C=CC12CN(C(=O)OC(C)(C)C)CCC1(c1ccc(Cl)c(Cl)c1)C2. The fourth-order valence-electron chi connectivity index (χ4n) is 3.93. The summed E-state index contributed by atoms with van der Waals surface area (Å²) in [5, 5.41) is 1.14. The Morgan fingerprint density at radius 3 is 2.62 bits per heavy atom. The molecule has 3 nitrogen and oxygen atoms in total. The molecule has 1 heterocycles. The molecule has 3 rings (SSSR count). The highest BCUT2D eigenvalue weighted by Gasteiger charge is 2.68. The van der Waals surface area contributed by atoms with Gasteiger partial charge in [-0.2, -0.15) is 0 Å². The molecule has 1 aliphatic carbocycles. The number of hydrogen-bond acceptors (Lipinski definition) is 2. The molecular weight excluding hydrogens is 345 g/mol. The molecule has 5 heteroatoms. The van der Waals surface area contributed by atoms with Crippen LogP contribution in [0.2, 0.25) is 10.0 Å². The third kappa shape index (κ3) is 2.82. The van der Waals surface area contributed by atoms with Crippen LogP contribution in [-0.4, -0.2) is 29.7 Å². The van der Waals surface area contributed by atoms with E-state index < -0.39 is 5.60 Å². The topological polar surface area (TPSA) is 29.5 Å². The van der Waals surface area contributed by atoms with Crippen molar-refractivity contribution in [2.24, 2.45) is 5.41 Å². The summed E-state index contributed by atoms with van der Waals surface area (Å²) in [7, 11) is 0. The molecule has 2 unspecified atom stereocenters. The Hall–Kier alpha value is -1.19. The molecule has 130 valence electrons. The summed E-state index contributed by atoms with van der Waals surface area (Å²) in [6, 6.07) is 5.85. The lowest BCUT2D eigenvalue weighted by Gasteiger charge is -2.37. The minimum absolute atomic E-state index is 0.00148. The molecule has 2 fully saturated rings. The number of piperidine rings is 1. The number of carbonyl (C=O) groups excluding carboxylic acids is 1. The molecular formula is C19H23Cl2NO2. The van der Waals surface area contributed by atoms with Crippen molar-refractivity contribution in [1.82, 2.24) is 4.90 Å². The number of likely N-dealkylation sites (tertiary alicyclic amines) is 1. The summed E-state index contributed by atoms with van der Waals surface area (Å²) in [6.45, 7) is 11.0. The third-order valence-electron chi connectivity index (χ3n) is 5.24. The maximum absolute atomic E-state index is 12.4. The second-order valence-electron chi connectivity index (χ2n) is 7.90. The van der Waals surface area contributed by atoms with Crippen molar-refractivity contribution >= 4 is 29.3 Å². The summed E-state index contributed by atoms with van der Waals surface area (Å²) < 4.78 is 5.52. The minimum atomic E-state index is -0.486. The van der Waals surface area contributed by atoms with E-state index in [0.717, 1.165) is 12.8 Å². The Kier molecular flexibility index (Phi) is 4.17. The van der Waals surface area contributed by atoms with Crippen LogP contribution in [0.25, 0.3) is 0 Å².